The predicted octanol–water partition coefficient (Wildman–Crippen LogP) is 0.703. The van der Waals surface area contributed by atoms with Crippen LogP contribution in [0.2, 0.25) is 0 Å². The molecule has 0 heterocycles. The summed E-state index contributed by atoms with van der Waals surface area (Å²) in [6, 6.07) is 7.56. The molecule has 1 atom stereocenters. The molecule has 0 amide bonds. The van der Waals surface area contributed by atoms with Crippen molar-refractivity contribution < 1.29 is 10.2 Å². The SMILES string of the molecule is NC(CO)c1cccc(C2(CO)CC2)c1. The molecule has 0 radical (unpaired) electrons. The van der Waals surface area contributed by atoms with E-state index in [0.717, 1.165) is 24.0 Å². The van der Waals surface area contributed by atoms with Crippen molar-refractivity contribution >= 4 is 0 Å². The second-order valence-electron chi connectivity index (χ2n) is 4.35. The van der Waals surface area contributed by atoms with Crippen molar-refractivity contribution in [2.75, 3.05) is 13.2 Å². The minimum atomic E-state index is -0.320. The maximum absolute atomic E-state index is 9.32. The molecule has 0 aromatic heterocycles. The Morgan fingerprint density at radius 2 is 2.07 bits per heavy atom. The van der Waals surface area contributed by atoms with Crippen molar-refractivity contribution in [3.8, 4) is 0 Å². The average molecular weight is 207 g/mol. The van der Waals surface area contributed by atoms with E-state index in [-0.39, 0.29) is 24.7 Å². The van der Waals surface area contributed by atoms with Gasteiger partial charge in [-0.3, -0.25) is 0 Å². The summed E-state index contributed by atoms with van der Waals surface area (Å²) in [5.41, 5.74) is 7.82. The summed E-state index contributed by atoms with van der Waals surface area (Å²) in [5.74, 6) is 0. The Morgan fingerprint density at radius 3 is 2.60 bits per heavy atom. The monoisotopic (exact) mass is 207 g/mol. The highest BCUT2D eigenvalue weighted by molar-refractivity contribution is 5.35. The van der Waals surface area contributed by atoms with Crippen LogP contribution in [0.15, 0.2) is 24.3 Å². The molecule has 4 N–H and O–H groups in total. The molecule has 82 valence electrons. The van der Waals surface area contributed by atoms with Gasteiger partial charge in [0.1, 0.15) is 0 Å². The quantitative estimate of drug-likeness (QED) is 0.681. The third-order valence-electron chi connectivity index (χ3n) is 3.28. The summed E-state index contributed by atoms with van der Waals surface area (Å²) in [4.78, 5) is 0. The number of nitrogens with two attached hydrogens (primary N) is 1. The van der Waals surface area contributed by atoms with Crippen LogP contribution in [0.3, 0.4) is 0 Å². The van der Waals surface area contributed by atoms with Crippen molar-refractivity contribution in [3.05, 3.63) is 35.4 Å². The molecule has 0 spiro atoms. The van der Waals surface area contributed by atoms with Crippen molar-refractivity contribution in [1.29, 1.82) is 0 Å². The Labute approximate surface area is 89.5 Å². The molecule has 1 aromatic rings. The van der Waals surface area contributed by atoms with Gasteiger partial charge in [-0.15, -0.1) is 0 Å². The average Bonchev–Trinajstić information content (AvgIpc) is 3.09. The highest BCUT2D eigenvalue weighted by Gasteiger charge is 2.43. The fourth-order valence-electron chi connectivity index (χ4n) is 1.89. The van der Waals surface area contributed by atoms with Crippen LogP contribution in [0, 0.1) is 0 Å². The van der Waals surface area contributed by atoms with E-state index < -0.39 is 0 Å². The molecule has 15 heavy (non-hydrogen) atoms. The highest BCUT2D eigenvalue weighted by atomic mass is 16.3. The molecule has 0 saturated heterocycles. The normalized spacial score (nSPS) is 19.9. The Balaban J connectivity index is 2.27. The van der Waals surface area contributed by atoms with Gasteiger partial charge >= 0.3 is 0 Å². The zero-order chi connectivity index (χ0) is 10.9. The van der Waals surface area contributed by atoms with Crippen LogP contribution in [-0.4, -0.2) is 23.4 Å². The first-order valence-electron chi connectivity index (χ1n) is 5.29. The maximum Gasteiger partial charge on any atom is 0.0624 e. The van der Waals surface area contributed by atoms with E-state index in [1.165, 1.54) is 0 Å². The minimum Gasteiger partial charge on any atom is -0.395 e. The van der Waals surface area contributed by atoms with Crippen molar-refractivity contribution in [3.63, 3.8) is 0 Å². The van der Waals surface area contributed by atoms with E-state index in [1.807, 2.05) is 24.3 Å². The van der Waals surface area contributed by atoms with Gasteiger partial charge in [-0.1, -0.05) is 24.3 Å². The van der Waals surface area contributed by atoms with E-state index in [1.54, 1.807) is 0 Å². The van der Waals surface area contributed by atoms with Crippen LogP contribution in [0.1, 0.15) is 30.0 Å². The van der Waals surface area contributed by atoms with Crippen molar-refractivity contribution in [1.82, 2.24) is 0 Å². The zero-order valence-corrected chi connectivity index (χ0v) is 8.69. The Hall–Kier alpha value is -0.900. The summed E-state index contributed by atoms with van der Waals surface area (Å²) in [6.07, 6.45) is 2.09. The van der Waals surface area contributed by atoms with E-state index in [0.29, 0.717) is 0 Å². The number of aliphatic hydroxyl groups excluding tert-OH is 2. The molecule has 0 bridgehead atoms. The molecule has 1 aromatic carbocycles. The number of rotatable bonds is 4. The molecule has 1 fully saturated rings. The standard InChI is InChI=1S/C12H17NO2/c13-11(7-14)9-2-1-3-10(6-9)12(8-15)4-5-12/h1-3,6,11,14-15H,4-5,7-8,13H2. The molecular formula is C12H17NO2. The molecule has 1 saturated carbocycles. The topological polar surface area (TPSA) is 66.5 Å². The van der Waals surface area contributed by atoms with Gasteiger partial charge in [0.2, 0.25) is 0 Å². The maximum atomic E-state index is 9.32. The first-order valence-corrected chi connectivity index (χ1v) is 5.29. The van der Waals surface area contributed by atoms with E-state index in [9.17, 15) is 5.11 Å². The van der Waals surface area contributed by atoms with Crippen LogP contribution in [0.4, 0.5) is 0 Å². The second kappa shape index (κ2) is 3.93. The van der Waals surface area contributed by atoms with Crippen molar-refractivity contribution in [2.24, 2.45) is 5.73 Å². The fraction of sp³-hybridized carbons (Fsp3) is 0.500. The van der Waals surface area contributed by atoms with Gasteiger partial charge in [0.25, 0.3) is 0 Å². The Morgan fingerprint density at radius 1 is 1.33 bits per heavy atom. The summed E-state index contributed by atoms with van der Waals surface area (Å²) in [6.45, 7) is 0.153. The van der Waals surface area contributed by atoms with Crippen LogP contribution in [0.25, 0.3) is 0 Å². The van der Waals surface area contributed by atoms with E-state index >= 15 is 0 Å². The third kappa shape index (κ3) is 1.91. The van der Waals surface area contributed by atoms with Gasteiger partial charge in [0.15, 0.2) is 0 Å². The molecule has 3 heteroatoms. The van der Waals surface area contributed by atoms with E-state index in [2.05, 4.69) is 0 Å². The molecule has 3 nitrogen and oxygen atoms in total. The lowest BCUT2D eigenvalue weighted by atomic mass is 9.94. The third-order valence-corrected chi connectivity index (χ3v) is 3.28. The summed E-state index contributed by atoms with van der Waals surface area (Å²) >= 11 is 0. The lowest BCUT2D eigenvalue weighted by Gasteiger charge is -2.15. The largest absolute Gasteiger partial charge is 0.395 e. The van der Waals surface area contributed by atoms with Crippen LogP contribution >= 0.6 is 0 Å². The van der Waals surface area contributed by atoms with E-state index in [4.69, 9.17) is 10.8 Å². The highest BCUT2D eigenvalue weighted by Crippen LogP contribution is 2.47. The first kappa shape index (κ1) is 10.6. The van der Waals surface area contributed by atoms with Crippen molar-refractivity contribution in [2.45, 2.75) is 24.3 Å². The Bertz CT molecular complexity index is 347. The number of hydrogen-bond acceptors (Lipinski definition) is 3. The zero-order valence-electron chi connectivity index (χ0n) is 8.69. The van der Waals surface area contributed by atoms with Gasteiger partial charge in [-0.05, 0) is 24.0 Å². The summed E-state index contributed by atoms with van der Waals surface area (Å²) in [5, 5.41) is 18.3. The van der Waals surface area contributed by atoms with Crippen LogP contribution in [0.5, 0.6) is 0 Å². The lowest BCUT2D eigenvalue weighted by molar-refractivity contribution is 0.254. The van der Waals surface area contributed by atoms with Gasteiger partial charge < -0.3 is 15.9 Å². The molecule has 0 aliphatic heterocycles. The number of benzene rings is 1. The smallest absolute Gasteiger partial charge is 0.0624 e. The van der Waals surface area contributed by atoms with Gasteiger partial charge in [0.05, 0.1) is 19.3 Å². The van der Waals surface area contributed by atoms with Gasteiger partial charge in [-0.25, -0.2) is 0 Å². The molecule has 1 aliphatic rings. The predicted molar refractivity (Wildman–Crippen MR) is 58.5 cm³/mol. The minimum absolute atomic E-state index is 0.0226. The second-order valence-corrected chi connectivity index (χ2v) is 4.35. The fourth-order valence-corrected chi connectivity index (χ4v) is 1.89. The molecule has 1 aliphatic carbocycles. The lowest BCUT2D eigenvalue weighted by Crippen LogP contribution is -2.17. The first-order chi connectivity index (χ1) is 7.22. The number of aliphatic hydroxyl groups is 2. The summed E-state index contributed by atoms with van der Waals surface area (Å²) in [7, 11) is 0. The van der Waals surface area contributed by atoms with Crippen LogP contribution < -0.4 is 5.73 Å². The van der Waals surface area contributed by atoms with Crippen LogP contribution in [-0.2, 0) is 5.41 Å². The van der Waals surface area contributed by atoms with Gasteiger partial charge in [0, 0.05) is 5.41 Å². The Kier molecular flexibility index (Phi) is 2.78. The number of hydrogen-bond donors (Lipinski definition) is 3. The molecular weight excluding hydrogens is 190 g/mol. The van der Waals surface area contributed by atoms with Gasteiger partial charge in [-0.2, -0.15) is 0 Å². The summed E-state index contributed by atoms with van der Waals surface area (Å²) < 4.78 is 0. The molecule has 1 unspecified atom stereocenters. The molecule has 2 rings (SSSR count).